The van der Waals surface area contributed by atoms with Crippen molar-refractivity contribution in [3.05, 3.63) is 12.2 Å². The summed E-state index contributed by atoms with van der Waals surface area (Å²) in [5, 5.41) is 3.32. The second-order valence-electron chi connectivity index (χ2n) is 5.14. The van der Waals surface area contributed by atoms with Gasteiger partial charge in [0.05, 0.1) is 12.5 Å². The van der Waals surface area contributed by atoms with Crippen LogP contribution in [0.3, 0.4) is 0 Å². The number of hydrogen-bond acceptors (Lipinski definition) is 3. The second kappa shape index (κ2) is 5.65. The number of amides is 2. The third-order valence-electron chi connectivity index (χ3n) is 3.94. The topological polar surface area (TPSA) is 49.4 Å². The first kappa shape index (κ1) is 13.3. The van der Waals surface area contributed by atoms with E-state index in [0.29, 0.717) is 12.5 Å². The summed E-state index contributed by atoms with van der Waals surface area (Å²) in [7, 11) is 0. The molecule has 1 heterocycles. The highest BCUT2D eigenvalue weighted by atomic mass is 16.2. The number of imide groups is 1. The molecule has 4 heteroatoms. The van der Waals surface area contributed by atoms with Gasteiger partial charge in [0.1, 0.15) is 0 Å². The Kier molecular flexibility index (Phi) is 4.17. The van der Waals surface area contributed by atoms with Crippen molar-refractivity contribution in [1.29, 1.82) is 0 Å². The summed E-state index contributed by atoms with van der Waals surface area (Å²) >= 11 is 0. The van der Waals surface area contributed by atoms with E-state index in [1.165, 1.54) is 4.90 Å². The van der Waals surface area contributed by atoms with Crippen LogP contribution < -0.4 is 5.32 Å². The molecule has 0 spiro atoms. The Hall–Kier alpha value is -1.16. The maximum Gasteiger partial charge on any atom is 0.247 e. The van der Waals surface area contributed by atoms with Crippen molar-refractivity contribution in [3.8, 4) is 0 Å². The molecular weight excluding hydrogens is 228 g/mol. The highest BCUT2D eigenvalue weighted by Crippen LogP contribution is 2.22. The van der Waals surface area contributed by atoms with Gasteiger partial charge < -0.3 is 5.32 Å². The van der Waals surface area contributed by atoms with Crippen molar-refractivity contribution in [2.45, 2.75) is 64.1 Å². The fourth-order valence-corrected chi connectivity index (χ4v) is 2.86. The summed E-state index contributed by atoms with van der Waals surface area (Å²) in [5.41, 5.74) is 0. The van der Waals surface area contributed by atoms with Gasteiger partial charge in [0.25, 0.3) is 0 Å². The van der Waals surface area contributed by atoms with Gasteiger partial charge in [-0.1, -0.05) is 26.0 Å². The SMILES string of the molecule is CCC(CC)N1C(=O)CC(NC2CC=CC2)C1=O. The lowest BCUT2D eigenvalue weighted by atomic mass is 10.1. The van der Waals surface area contributed by atoms with E-state index in [-0.39, 0.29) is 23.9 Å². The molecule has 0 aromatic heterocycles. The number of carbonyl (C=O) groups excluding carboxylic acids is 2. The van der Waals surface area contributed by atoms with E-state index < -0.39 is 0 Å². The van der Waals surface area contributed by atoms with E-state index in [4.69, 9.17) is 0 Å². The van der Waals surface area contributed by atoms with Crippen LogP contribution in [0.5, 0.6) is 0 Å². The fraction of sp³-hybridized carbons (Fsp3) is 0.714. The number of rotatable bonds is 5. The van der Waals surface area contributed by atoms with Crippen molar-refractivity contribution in [3.63, 3.8) is 0 Å². The first-order valence-corrected chi connectivity index (χ1v) is 6.94. The first-order chi connectivity index (χ1) is 8.67. The molecule has 1 saturated heterocycles. The van der Waals surface area contributed by atoms with Gasteiger partial charge in [0, 0.05) is 12.1 Å². The number of nitrogens with zero attached hydrogens (tertiary/aromatic N) is 1. The quantitative estimate of drug-likeness (QED) is 0.596. The Balaban J connectivity index is 1.99. The predicted octanol–water partition coefficient (Wildman–Crippen LogP) is 1.61. The van der Waals surface area contributed by atoms with Gasteiger partial charge in [-0.15, -0.1) is 0 Å². The predicted molar refractivity (Wildman–Crippen MR) is 69.9 cm³/mol. The largest absolute Gasteiger partial charge is 0.302 e. The maximum atomic E-state index is 12.3. The molecule has 1 fully saturated rings. The molecule has 0 aromatic carbocycles. The summed E-state index contributed by atoms with van der Waals surface area (Å²) in [6.45, 7) is 4.05. The molecule has 1 N–H and O–H groups in total. The van der Waals surface area contributed by atoms with Crippen LogP contribution in [0.2, 0.25) is 0 Å². The summed E-state index contributed by atoms with van der Waals surface area (Å²) in [4.78, 5) is 25.7. The van der Waals surface area contributed by atoms with Crippen molar-refractivity contribution in [2.24, 2.45) is 0 Å². The molecule has 1 aliphatic heterocycles. The molecule has 0 saturated carbocycles. The highest BCUT2D eigenvalue weighted by molar-refractivity contribution is 6.05. The molecule has 0 bridgehead atoms. The van der Waals surface area contributed by atoms with Gasteiger partial charge in [0.2, 0.25) is 11.8 Å². The van der Waals surface area contributed by atoms with Crippen LogP contribution in [0.25, 0.3) is 0 Å². The van der Waals surface area contributed by atoms with Gasteiger partial charge in [0.15, 0.2) is 0 Å². The molecule has 0 aromatic rings. The molecule has 0 radical (unpaired) electrons. The average molecular weight is 250 g/mol. The Morgan fingerprint density at radius 3 is 2.44 bits per heavy atom. The Labute approximate surface area is 108 Å². The van der Waals surface area contributed by atoms with Crippen LogP contribution in [0.4, 0.5) is 0 Å². The lowest BCUT2D eigenvalue weighted by Gasteiger charge is -2.25. The lowest BCUT2D eigenvalue weighted by molar-refractivity contribution is -0.141. The Morgan fingerprint density at radius 1 is 1.28 bits per heavy atom. The van der Waals surface area contributed by atoms with Gasteiger partial charge in [-0.25, -0.2) is 0 Å². The molecule has 2 amide bonds. The Morgan fingerprint density at radius 2 is 1.89 bits per heavy atom. The zero-order chi connectivity index (χ0) is 13.1. The fourth-order valence-electron chi connectivity index (χ4n) is 2.86. The number of likely N-dealkylation sites (tertiary alicyclic amines) is 1. The van der Waals surface area contributed by atoms with Gasteiger partial charge in [-0.2, -0.15) is 0 Å². The van der Waals surface area contributed by atoms with E-state index in [1.54, 1.807) is 0 Å². The summed E-state index contributed by atoms with van der Waals surface area (Å²) in [5.74, 6) is -0.0437. The minimum Gasteiger partial charge on any atom is -0.302 e. The zero-order valence-corrected chi connectivity index (χ0v) is 11.2. The first-order valence-electron chi connectivity index (χ1n) is 6.94. The van der Waals surface area contributed by atoms with Crippen LogP contribution in [0.1, 0.15) is 46.0 Å². The van der Waals surface area contributed by atoms with E-state index in [0.717, 1.165) is 25.7 Å². The minimum atomic E-state index is -0.303. The van der Waals surface area contributed by atoms with Crippen LogP contribution in [0, 0.1) is 0 Å². The standard InChI is InChI=1S/C14H22N2O2/c1-3-11(4-2)16-13(17)9-12(14(16)18)15-10-7-5-6-8-10/h5-6,10-12,15H,3-4,7-9H2,1-2H3. The number of carbonyl (C=O) groups is 2. The van der Waals surface area contributed by atoms with Gasteiger partial charge in [-0.05, 0) is 25.7 Å². The molecule has 1 atom stereocenters. The van der Waals surface area contributed by atoms with Crippen molar-refractivity contribution in [2.75, 3.05) is 0 Å². The van der Waals surface area contributed by atoms with Crippen LogP contribution in [-0.4, -0.2) is 34.8 Å². The molecular formula is C14H22N2O2. The highest BCUT2D eigenvalue weighted by Gasteiger charge is 2.41. The second-order valence-corrected chi connectivity index (χ2v) is 5.14. The number of hydrogen-bond donors (Lipinski definition) is 1. The van der Waals surface area contributed by atoms with Crippen molar-refractivity contribution < 1.29 is 9.59 Å². The summed E-state index contributed by atoms with van der Waals surface area (Å²) < 4.78 is 0. The molecule has 2 rings (SSSR count). The van der Waals surface area contributed by atoms with E-state index >= 15 is 0 Å². The average Bonchev–Trinajstić information content (AvgIpc) is 2.94. The number of nitrogens with one attached hydrogen (secondary N) is 1. The van der Waals surface area contributed by atoms with Crippen molar-refractivity contribution in [1.82, 2.24) is 10.2 Å². The molecule has 4 nitrogen and oxygen atoms in total. The molecule has 1 aliphatic carbocycles. The monoisotopic (exact) mass is 250 g/mol. The molecule has 100 valence electrons. The normalized spacial score (nSPS) is 24.8. The van der Waals surface area contributed by atoms with E-state index in [2.05, 4.69) is 17.5 Å². The maximum absolute atomic E-state index is 12.3. The van der Waals surface area contributed by atoms with Gasteiger partial charge >= 0.3 is 0 Å². The molecule has 1 unspecified atom stereocenters. The van der Waals surface area contributed by atoms with Crippen LogP contribution in [0.15, 0.2) is 12.2 Å². The Bertz CT molecular complexity index is 353. The third-order valence-corrected chi connectivity index (χ3v) is 3.94. The zero-order valence-electron chi connectivity index (χ0n) is 11.2. The molecule has 18 heavy (non-hydrogen) atoms. The van der Waals surface area contributed by atoms with Crippen LogP contribution >= 0.6 is 0 Å². The van der Waals surface area contributed by atoms with Crippen LogP contribution in [-0.2, 0) is 9.59 Å². The molecule has 2 aliphatic rings. The third kappa shape index (κ3) is 2.48. The summed E-state index contributed by atoms with van der Waals surface area (Å²) in [6.07, 6.45) is 8.17. The van der Waals surface area contributed by atoms with E-state index in [9.17, 15) is 9.59 Å². The lowest BCUT2D eigenvalue weighted by Crippen LogP contribution is -2.45. The smallest absolute Gasteiger partial charge is 0.247 e. The van der Waals surface area contributed by atoms with E-state index in [1.807, 2.05) is 13.8 Å². The minimum absolute atomic E-state index is 0.0165. The van der Waals surface area contributed by atoms with Crippen molar-refractivity contribution >= 4 is 11.8 Å². The van der Waals surface area contributed by atoms with Gasteiger partial charge in [-0.3, -0.25) is 14.5 Å². The summed E-state index contributed by atoms with van der Waals surface area (Å²) in [6, 6.07) is 0.0925.